The van der Waals surface area contributed by atoms with Crippen molar-refractivity contribution in [2.75, 3.05) is 19.0 Å². The average Bonchev–Trinajstić information content (AvgIpc) is 3.39. The third kappa shape index (κ3) is 3.87. The van der Waals surface area contributed by atoms with Crippen molar-refractivity contribution >= 4 is 38.6 Å². The summed E-state index contributed by atoms with van der Waals surface area (Å²) >= 11 is 1.30. The van der Waals surface area contributed by atoms with Crippen molar-refractivity contribution in [2.45, 2.75) is 31.1 Å². The lowest BCUT2D eigenvalue weighted by atomic mass is 9.78. The molecule has 1 aliphatic carbocycles. The maximum Gasteiger partial charge on any atom is 0.317 e. The highest BCUT2D eigenvalue weighted by molar-refractivity contribution is 7.22. The van der Waals surface area contributed by atoms with Gasteiger partial charge >= 0.3 is 5.97 Å². The molecule has 0 spiro atoms. The zero-order chi connectivity index (χ0) is 21.1. The highest BCUT2D eigenvalue weighted by Gasteiger charge is 2.45. The summed E-state index contributed by atoms with van der Waals surface area (Å²) < 4.78 is 25.8. The fraction of sp³-hybridized carbons (Fsp3) is 0.318. The van der Waals surface area contributed by atoms with E-state index in [-0.39, 0.29) is 0 Å². The van der Waals surface area contributed by atoms with Crippen LogP contribution in [0.5, 0.6) is 5.75 Å². The molecular weight excluding hydrogens is 407 g/mol. The Morgan fingerprint density at radius 1 is 1.20 bits per heavy atom. The molecule has 3 aromatic rings. The van der Waals surface area contributed by atoms with Gasteiger partial charge in [0.05, 0.1) is 22.7 Å². The van der Waals surface area contributed by atoms with Crippen LogP contribution < -0.4 is 10.1 Å². The van der Waals surface area contributed by atoms with E-state index in [1.165, 1.54) is 17.4 Å². The number of carbonyl (C=O) groups excluding carboxylic acids is 2. The normalized spacial score (nSPS) is 15.1. The Labute approximate surface area is 177 Å². The molecule has 1 aliphatic rings. The molecule has 0 atom stereocenters. The average molecular weight is 428 g/mol. The van der Waals surface area contributed by atoms with Crippen molar-refractivity contribution in [1.82, 2.24) is 4.98 Å². The molecule has 156 valence electrons. The minimum Gasteiger partial charge on any atom is -0.497 e. The molecule has 30 heavy (non-hydrogen) atoms. The highest BCUT2D eigenvalue weighted by atomic mass is 32.1. The number of nitrogens with zero attached hydrogens (tertiary/aromatic N) is 1. The number of benzene rings is 2. The van der Waals surface area contributed by atoms with Crippen molar-refractivity contribution in [3.8, 4) is 5.75 Å². The first kappa shape index (κ1) is 20.3. The fourth-order valence-electron chi connectivity index (χ4n) is 3.92. The van der Waals surface area contributed by atoms with Gasteiger partial charge in [0.1, 0.15) is 11.6 Å². The molecule has 1 N–H and O–H groups in total. The van der Waals surface area contributed by atoms with E-state index in [0.717, 1.165) is 23.1 Å². The lowest BCUT2D eigenvalue weighted by Gasteiger charge is -2.27. The number of halogens is 1. The summed E-state index contributed by atoms with van der Waals surface area (Å²) in [5, 5.41) is 3.06. The molecule has 2 aromatic carbocycles. The molecule has 1 saturated carbocycles. The summed E-state index contributed by atoms with van der Waals surface area (Å²) in [7, 11) is 1.58. The van der Waals surface area contributed by atoms with E-state index in [1.807, 2.05) is 6.07 Å². The second kappa shape index (κ2) is 8.39. The smallest absolute Gasteiger partial charge is 0.317 e. The summed E-state index contributed by atoms with van der Waals surface area (Å²) in [5.41, 5.74) is 0.0449. The molecule has 8 heteroatoms. The molecule has 0 unspecified atom stereocenters. The van der Waals surface area contributed by atoms with Crippen LogP contribution in [0.4, 0.5) is 9.52 Å². The van der Waals surface area contributed by atoms with Gasteiger partial charge in [0.25, 0.3) is 5.91 Å². The number of esters is 1. The zero-order valence-corrected chi connectivity index (χ0v) is 17.3. The van der Waals surface area contributed by atoms with Gasteiger partial charge in [-0.15, -0.1) is 0 Å². The molecule has 0 radical (unpaired) electrons. The highest BCUT2D eigenvalue weighted by Crippen LogP contribution is 2.43. The number of thiazole rings is 1. The number of nitrogens with one attached hydrogen (secondary N) is 1. The van der Waals surface area contributed by atoms with Crippen molar-refractivity contribution in [3.63, 3.8) is 0 Å². The maximum absolute atomic E-state index is 14.4. The third-order valence-corrected chi connectivity index (χ3v) is 6.35. The van der Waals surface area contributed by atoms with Crippen LogP contribution >= 0.6 is 11.3 Å². The minimum atomic E-state index is -1.03. The lowest BCUT2D eigenvalue weighted by molar-refractivity contribution is -0.153. The van der Waals surface area contributed by atoms with Gasteiger partial charge in [-0.1, -0.05) is 42.4 Å². The van der Waals surface area contributed by atoms with E-state index >= 15 is 0 Å². The van der Waals surface area contributed by atoms with Gasteiger partial charge in [0.15, 0.2) is 11.7 Å². The Kier molecular flexibility index (Phi) is 5.67. The number of rotatable bonds is 6. The third-order valence-electron chi connectivity index (χ3n) is 5.41. The largest absolute Gasteiger partial charge is 0.497 e. The molecule has 1 amide bonds. The number of methoxy groups -OCH3 is 1. The van der Waals surface area contributed by atoms with Crippen molar-refractivity contribution in [3.05, 3.63) is 53.8 Å². The minimum absolute atomic E-state index is 0.341. The molecule has 0 aliphatic heterocycles. The molecule has 4 rings (SSSR count). The predicted molar refractivity (Wildman–Crippen MR) is 112 cm³/mol. The van der Waals surface area contributed by atoms with E-state index in [2.05, 4.69) is 10.3 Å². The first-order valence-corrected chi connectivity index (χ1v) is 10.5. The molecular formula is C22H21FN2O4S. The molecule has 0 bridgehead atoms. The van der Waals surface area contributed by atoms with Crippen LogP contribution in [0.25, 0.3) is 10.2 Å². The van der Waals surface area contributed by atoms with Crippen LogP contribution in [-0.2, 0) is 19.7 Å². The van der Waals surface area contributed by atoms with Gasteiger partial charge in [0, 0.05) is 5.56 Å². The topological polar surface area (TPSA) is 77.5 Å². The summed E-state index contributed by atoms with van der Waals surface area (Å²) in [6.07, 6.45) is 2.64. The summed E-state index contributed by atoms with van der Waals surface area (Å²) in [6, 6.07) is 11.7. The fourth-order valence-corrected chi connectivity index (χ4v) is 4.83. The van der Waals surface area contributed by atoms with Crippen molar-refractivity contribution in [1.29, 1.82) is 0 Å². The monoisotopic (exact) mass is 428 g/mol. The summed E-state index contributed by atoms with van der Waals surface area (Å²) in [5.74, 6) is -0.774. The number of aromatic nitrogens is 1. The standard InChI is InChI=1S/C22H21FN2O4S/c1-28-14-8-9-17-18(12-14)30-21(24-17)25-19(26)13-29-20(27)22(10-4-5-11-22)15-6-2-3-7-16(15)23/h2-3,6-9,12H,4-5,10-11,13H2,1H3,(H,24,25,26). The van der Waals surface area contributed by atoms with Gasteiger partial charge in [-0.05, 0) is 37.1 Å². The van der Waals surface area contributed by atoms with Gasteiger partial charge in [-0.3, -0.25) is 14.9 Å². The van der Waals surface area contributed by atoms with Gasteiger partial charge in [0.2, 0.25) is 0 Å². The Hall–Kier alpha value is -3.00. The molecule has 6 nitrogen and oxygen atoms in total. The van der Waals surface area contributed by atoms with Crippen molar-refractivity contribution in [2.24, 2.45) is 0 Å². The van der Waals surface area contributed by atoms with Crippen LogP contribution in [-0.4, -0.2) is 30.6 Å². The van der Waals surface area contributed by atoms with E-state index < -0.39 is 29.7 Å². The zero-order valence-electron chi connectivity index (χ0n) is 16.4. The molecule has 1 fully saturated rings. The Balaban J connectivity index is 1.43. The van der Waals surface area contributed by atoms with Gasteiger partial charge < -0.3 is 9.47 Å². The number of fused-ring (bicyclic) bond motifs is 1. The maximum atomic E-state index is 14.4. The summed E-state index contributed by atoms with van der Waals surface area (Å²) in [4.78, 5) is 29.6. The first-order chi connectivity index (χ1) is 14.5. The van der Waals surface area contributed by atoms with Gasteiger partial charge in [-0.2, -0.15) is 0 Å². The van der Waals surface area contributed by atoms with Crippen LogP contribution in [0.15, 0.2) is 42.5 Å². The van der Waals surface area contributed by atoms with Gasteiger partial charge in [-0.25, -0.2) is 9.37 Å². The van der Waals surface area contributed by atoms with E-state index in [0.29, 0.717) is 29.3 Å². The number of hydrogen-bond donors (Lipinski definition) is 1. The first-order valence-electron chi connectivity index (χ1n) is 9.68. The van der Waals surface area contributed by atoms with E-state index in [9.17, 15) is 14.0 Å². The second-order valence-electron chi connectivity index (χ2n) is 7.25. The Bertz CT molecular complexity index is 1090. The Morgan fingerprint density at radius 2 is 1.97 bits per heavy atom. The van der Waals surface area contributed by atoms with E-state index in [4.69, 9.17) is 9.47 Å². The SMILES string of the molecule is COc1ccc2nc(NC(=O)COC(=O)C3(c4ccccc4F)CCCC3)sc2c1. The molecule has 1 aromatic heterocycles. The van der Waals surface area contributed by atoms with Crippen LogP contribution in [0.1, 0.15) is 31.2 Å². The van der Waals surface area contributed by atoms with Crippen LogP contribution in [0.2, 0.25) is 0 Å². The quantitative estimate of drug-likeness (QED) is 0.588. The summed E-state index contributed by atoms with van der Waals surface area (Å²) in [6.45, 7) is -0.450. The van der Waals surface area contributed by atoms with Crippen LogP contribution in [0, 0.1) is 5.82 Å². The lowest BCUT2D eigenvalue weighted by Crippen LogP contribution is -2.37. The number of anilines is 1. The van der Waals surface area contributed by atoms with Crippen molar-refractivity contribution < 1.29 is 23.5 Å². The molecule has 1 heterocycles. The predicted octanol–water partition coefficient (Wildman–Crippen LogP) is 4.44. The number of ether oxygens (including phenoxy) is 2. The Morgan fingerprint density at radius 3 is 2.70 bits per heavy atom. The van der Waals surface area contributed by atoms with E-state index in [1.54, 1.807) is 37.4 Å². The second-order valence-corrected chi connectivity index (χ2v) is 8.28. The number of hydrogen-bond acceptors (Lipinski definition) is 6. The number of amides is 1. The number of carbonyl (C=O) groups is 2. The van der Waals surface area contributed by atoms with Crippen LogP contribution in [0.3, 0.4) is 0 Å². The molecule has 0 saturated heterocycles.